The Labute approximate surface area is 182 Å². The first-order valence-corrected chi connectivity index (χ1v) is 10.7. The zero-order valence-corrected chi connectivity index (χ0v) is 18.1. The summed E-state index contributed by atoms with van der Waals surface area (Å²) >= 11 is 1.43. The van der Waals surface area contributed by atoms with Gasteiger partial charge in [0.1, 0.15) is 5.69 Å². The molecule has 156 valence electrons. The minimum absolute atomic E-state index is 0.0444. The fourth-order valence-corrected chi connectivity index (χ4v) is 4.62. The van der Waals surface area contributed by atoms with E-state index in [1.807, 2.05) is 39.0 Å². The number of rotatable bonds is 3. The largest absolute Gasteiger partial charge is 0.326 e. The summed E-state index contributed by atoms with van der Waals surface area (Å²) in [6, 6.07) is 9.47. The lowest BCUT2D eigenvalue weighted by molar-refractivity contribution is -0.116. The van der Waals surface area contributed by atoms with E-state index in [0.29, 0.717) is 29.3 Å². The first-order valence-electron chi connectivity index (χ1n) is 9.93. The number of hydrogen-bond acceptors (Lipinski definition) is 6. The van der Waals surface area contributed by atoms with Gasteiger partial charge in [-0.2, -0.15) is 5.10 Å². The monoisotopic (exact) mass is 432 g/mol. The first kappa shape index (κ1) is 19.4. The van der Waals surface area contributed by atoms with Crippen molar-refractivity contribution in [3.8, 4) is 11.3 Å². The first-order chi connectivity index (χ1) is 14.9. The van der Waals surface area contributed by atoms with Gasteiger partial charge in [-0.15, -0.1) is 11.3 Å². The maximum Gasteiger partial charge on any atom is 0.276 e. The predicted octanol–water partition coefficient (Wildman–Crippen LogP) is 3.92. The molecule has 2 amide bonds. The van der Waals surface area contributed by atoms with E-state index < -0.39 is 0 Å². The fraction of sp³-hybridized carbons (Fsp3) is 0.227. The van der Waals surface area contributed by atoms with Gasteiger partial charge in [-0.25, -0.2) is 14.5 Å². The standard InChI is InChI=1S/C22H20N6O2S/c1-11-8-17(28-18(23-11)9-12(2)27-28)21(30)26-22-25-20(13(3)31-22)15-4-6-16-14(10-15)5-7-19(29)24-16/h4,6,8-10H,5,7H2,1-3H3,(H,24,29)(H,25,26,30). The zero-order valence-electron chi connectivity index (χ0n) is 17.3. The second-order valence-corrected chi connectivity index (χ2v) is 8.84. The second-order valence-electron chi connectivity index (χ2n) is 7.64. The van der Waals surface area contributed by atoms with Crippen molar-refractivity contribution in [3.63, 3.8) is 0 Å². The van der Waals surface area contributed by atoms with Crippen molar-refractivity contribution in [2.45, 2.75) is 33.6 Å². The van der Waals surface area contributed by atoms with E-state index in [1.54, 1.807) is 10.6 Å². The molecule has 8 nitrogen and oxygen atoms in total. The number of aromatic nitrogens is 4. The van der Waals surface area contributed by atoms with Gasteiger partial charge in [-0.3, -0.25) is 14.9 Å². The number of anilines is 2. The minimum Gasteiger partial charge on any atom is -0.326 e. The van der Waals surface area contributed by atoms with Gasteiger partial charge in [0.05, 0.1) is 11.4 Å². The highest BCUT2D eigenvalue weighted by Gasteiger charge is 2.19. The zero-order chi connectivity index (χ0) is 21.7. The molecule has 0 fully saturated rings. The Morgan fingerprint density at radius 3 is 2.77 bits per heavy atom. The van der Waals surface area contributed by atoms with Crippen molar-refractivity contribution < 1.29 is 9.59 Å². The molecular weight excluding hydrogens is 412 g/mol. The topological polar surface area (TPSA) is 101 Å². The molecule has 0 bridgehead atoms. The normalized spacial score (nSPS) is 13.2. The van der Waals surface area contributed by atoms with Gasteiger partial charge in [-0.05, 0) is 51.0 Å². The van der Waals surface area contributed by atoms with Gasteiger partial charge in [0.15, 0.2) is 10.8 Å². The molecule has 9 heteroatoms. The van der Waals surface area contributed by atoms with Crippen LogP contribution in [0.3, 0.4) is 0 Å². The van der Waals surface area contributed by atoms with Crippen LogP contribution in [0.15, 0.2) is 30.3 Å². The summed E-state index contributed by atoms with van der Waals surface area (Å²) in [6.45, 7) is 5.70. The maximum absolute atomic E-state index is 13.0. The van der Waals surface area contributed by atoms with Crippen LogP contribution in [0.4, 0.5) is 10.8 Å². The number of aryl methyl sites for hydroxylation is 4. The molecule has 0 aliphatic carbocycles. The van der Waals surface area contributed by atoms with Gasteiger partial charge in [0.2, 0.25) is 5.91 Å². The summed E-state index contributed by atoms with van der Waals surface area (Å²) in [7, 11) is 0. The minimum atomic E-state index is -0.285. The van der Waals surface area contributed by atoms with E-state index >= 15 is 0 Å². The molecule has 1 aliphatic rings. The van der Waals surface area contributed by atoms with Crippen LogP contribution >= 0.6 is 11.3 Å². The van der Waals surface area contributed by atoms with Gasteiger partial charge in [-0.1, -0.05) is 6.07 Å². The molecule has 2 N–H and O–H groups in total. The number of carbonyl (C=O) groups excluding carboxylic acids is 2. The van der Waals surface area contributed by atoms with Gasteiger partial charge in [0.25, 0.3) is 5.91 Å². The Kier molecular flexibility index (Phi) is 4.55. The Balaban J connectivity index is 1.44. The van der Waals surface area contributed by atoms with E-state index in [-0.39, 0.29) is 11.8 Å². The molecule has 4 aromatic rings. The summed E-state index contributed by atoms with van der Waals surface area (Å²) < 4.78 is 1.55. The highest BCUT2D eigenvalue weighted by molar-refractivity contribution is 7.16. The fourth-order valence-electron chi connectivity index (χ4n) is 3.79. The SMILES string of the molecule is Cc1cc(C(=O)Nc2nc(-c3ccc4c(c3)CCC(=O)N4)c(C)s2)n2nc(C)cc2n1. The summed E-state index contributed by atoms with van der Waals surface area (Å²) in [5.74, 6) is -0.241. The molecule has 1 aromatic carbocycles. The molecule has 3 aromatic heterocycles. The lowest BCUT2D eigenvalue weighted by Gasteiger charge is -2.17. The smallest absolute Gasteiger partial charge is 0.276 e. The molecule has 0 saturated heterocycles. The number of nitrogens with one attached hydrogen (secondary N) is 2. The summed E-state index contributed by atoms with van der Waals surface area (Å²) in [5, 5.41) is 10.7. The Bertz CT molecular complexity index is 1370. The molecule has 0 saturated carbocycles. The van der Waals surface area contributed by atoms with E-state index in [4.69, 9.17) is 0 Å². The molecule has 31 heavy (non-hydrogen) atoms. The average Bonchev–Trinajstić information content (AvgIpc) is 3.28. The van der Waals surface area contributed by atoms with E-state index in [2.05, 4.69) is 31.8 Å². The van der Waals surface area contributed by atoms with E-state index in [9.17, 15) is 9.59 Å². The number of amides is 2. The van der Waals surface area contributed by atoms with Crippen LogP contribution in [-0.2, 0) is 11.2 Å². The van der Waals surface area contributed by atoms with Crippen LogP contribution in [0.1, 0.15) is 38.7 Å². The van der Waals surface area contributed by atoms with Crippen LogP contribution in [-0.4, -0.2) is 31.4 Å². The third-order valence-corrected chi connectivity index (χ3v) is 6.09. The lowest BCUT2D eigenvalue weighted by Crippen LogP contribution is -2.18. The highest BCUT2D eigenvalue weighted by atomic mass is 32.1. The van der Waals surface area contributed by atoms with E-state index in [0.717, 1.165) is 38.8 Å². The molecule has 0 radical (unpaired) electrons. The quantitative estimate of drug-likeness (QED) is 0.511. The van der Waals surface area contributed by atoms with E-state index in [1.165, 1.54) is 11.3 Å². The number of nitrogens with zero attached hydrogens (tertiary/aromatic N) is 4. The summed E-state index contributed by atoms with van der Waals surface area (Å²) in [5.41, 5.74) is 6.33. The third-order valence-electron chi connectivity index (χ3n) is 5.20. The molecular formula is C22H20N6O2S. The number of fused-ring (bicyclic) bond motifs is 2. The van der Waals surface area contributed by atoms with Gasteiger partial charge in [0, 0.05) is 34.3 Å². The van der Waals surface area contributed by atoms with Crippen LogP contribution in [0.2, 0.25) is 0 Å². The van der Waals surface area contributed by atoms with Crippen molar-refractivity contribution in [1.29, 1.82) is 0 Å². The lowest BCUT2D eigenvalue weighted by atomic mass is 9.99. The van der Waals surface area contributed by atoms with Gasteiger partial charge < -0.3 is 5.32 Å². The predicted molar refractivity (Wildman–Crippen MR) is 120 cm³/mol. The summed E-state index contributed by atoms with van der Waals surface area (Å²) in [4.78, 5) is 34.7. The van der Waals surface area contributed by atoms with Crippen molar-refractivity contribution in [1.82, 2.24) is 19.6 Å². The molecule has 0 spiro atoms. The van der Waals surface area contributed by atoms with Crippen molar-refractivity contribution in [3.05, 3.63) is 57.9 Å². The van der Waals surface area contributed by atoms with Gasteiger partial charge >= 0.3 is 0 Å². The number of thiazole rings is 1. The molecule has 0 unspecified atom stereocenters. The molecule has 0 atom stereocenters. The number of carbonyl (C=O) groups is 2. The van der Waals surface area contributed by atoms with Crippen LogP contribution in [0.25, 0.3) is 16.9 Å². The Hall–Kier alpha value is -3.59. The Morgan fingerprint density at radius 2 is 1.94 bits per heavy atom. The van der Waals surface area contributed by atoms with Crippen molar-refractivity contribution in [2.75, 3.05) is 10.6 Å². The van der Waals surface area contributed by atoms with Crippen molar-refractivity contribution >= 4 is 39.6 Å². The molecule has 4 heterocycles. The number of benzene rings is 1. The summed E-state index contributed by atoms with van der Waals surface area (Å²) in [6.07, 6.45) is 1.20. The van der Waals surface area contributed by atoms with Crippen molar-refractivity contribution in [2.24, 2.45) is 0 Å². The van der Waals surface area contributed by atoms with Crippen LogP contribution < -0.4 is 10.6 Å². The average molecular weight is 433 g/mol. The third kappa shape index (κ3) is 3.57. The molecule has 1 aliphatic heterocycles. The maximum atomic E-state index is 13.0. The second kappa shape index (κ2) is 7.28. The van der Waals surface area contributed by atoms with Crippen LogP contribution in [0.5, 0.6) is 0 Å². The van der Waals surface area contributed by atoms with Crippen LogP contribution in [0, 0.1) is 20.8 Å². The number of hydrogen-bond donors (Lipinski definition) is 2. The molecule has 5 rings (SSSR count). The highest BCUT2D eigenvalue weighted by Crippen LogP contribution is 2.34. The Morgan fingerprint density at radius 1 is 1.10 bits per heavy atom.